The third-order valence-corrected chi connectivity index (χ3v) is 5.07. The molecule has 2 aromatic carbocycles. The van der Waals surface area contributed by atoms with Crippen LogP contribution < -0.4 is 5.32 Å². The average Bonchev–Trinajstić information content (AvgIpc) is 2.59. The number of anilines is 1. The van der Waals surface area contributed by atoms with Gasteiger partial charge in [0.2, 0.25) is 5.91 Å². The average molecular weight is 392 g/mol. The van der Waals surface area contributed by atoms with Crippen LogP contribution in [-0.4, -0.2) is 48.4 Å². The van der Waals surface area contributed by atoms with Crippen molar-refractivity contribution in [3.05, 3.63) is 63.6 Å². The molecular formula is C20H23Cl2N3O. The highest BCUT2D eigenvalue weighted by Gasteiger charge is 2.19. The van der Waals surface area contributed by atoms with Gasteiger partial charge in [-0.2, -0.15) is 0 Å². The summed E-state index contributed by atoms with van der Waals surface area (Å²) in [6, 6.07) is 13.7. The molecule has 138 valence electrons. The van der Waals surface area contributed by atoms with Crippen LogP contribution in [0.1, 0.15) is 11.1 Å². The molecule has 0 bridgehead atoms. The number of rotatable bonds is 5. The van der Waals surface area contributed by atoms with Crippen LogP contribution in [0.5, 0.6) is 0 Å². The summed E-state index contributed by atoms with van der Waals surface area (Å²) in [5.41, 5.74) is 3.23. The first-order valence-corrected chi connectivity index (χ1v) is 9.50. The Labute approximate surface area is 164 Å². The van der Waals surface area contributed by atoms with E-state index in [2.05, 4.69) is 46.3 Å². The van der Waals surface area contributed by atoms with Gasteiger partial charge in [0, 0.05) is 37.7 Å². The van der Waals surface area contributed by atoms with Gasteiger partial charge in [0.05, 0.1) is 17.3 Å². The Bertz CT molecular complexity index is 773. The van der Waals surface area contributed by atoms with Crippen LogP contribution in [0.15, 0.2) is 42.5 Å². The van der Waals surface area contributed by atoms with E-state index in [1.807, 2.05) is 0 Å². The van der Waals surface area contributed by atoms with Crippen molar-refractivity contribution in [2.75, 3.05) is 38.0 Å². The summed E-state index contributed by atoms with van der Waals surface area (Å²) in [5.74, 6) is -0.0543. The Kier molecular flexibility index (Phi) is 6.54. The van der Waals surface area contributed by atoms with Crippen molar-refractivity contribution in [2.45, 2.75) is 13.5 Å². The van der Waals surface area contributed by atoms with Crippen LogP contribution in [0, 0.1) is 6.92 Å². The highest BCUT2D eigenvalue weighted by atomic mass is 35.5. The molecule has 6 heteroatoms. The molecule has 1 saturated heterocycles. The van der Waals surface area contributed by atoms with E-state index in [0.717, 1.165) is 32.7 Å². The number of benzene rings is 2. The van der Waals surface area contributed by atoms with Crippen LogP contribution in [-0.2, 0) is 11.3 Å². The van der Waals surface area contributed by atoms with E-state index in [-0.39, 0.29) is 5.91 Å². The molecule has 0 saturated carbocycles. The van der Waals surface area contributed by atoms with Crippen LogP contribution >= 0.6 is 23.2 Å². The molecule has 1 heterocycles. The van der Waals surface area contributed by atoms with Gasteiger partial charge in [-0.25, -0.2) is 0 Å². The summed E-state index contributed by atoms with van der Waals surface area (Å²) in [5, 5.41) is 3.86. The fourth-order valence-electron chi connectivity index (χ4n) is 3.16. The number of carbonyl (C=O) groups excluding carboxylic acids is 1. The number of piperazine rings is 1. The molecule has 0 unspecified atom stereocenters. The molecule has 4 nitrogen and oxygen atoms in total. The van der Waals surface area contributed by atoms with E-state index in [0.29, 0.717) is 22.3 Å². The van der Waals surface area contributed by atoms with Gasteiger partial charge >= 0.3 is 0 Å². The van der Waals surface area contributed by atoms with Gasteiger partial charge in [-0.15, -0.1) is 0 Å². The normalized spacial score (nSPS) is 15.8. The number of aryl methyl sites for hydroxylation is 1. The van der Waals surface area contributed by atoms with Crippen molar-refractivity contribution in [3.8, 4) is 0 Å². The Hall–Kier alpha value is -1.59. The fraction of sp³-hybridized carbons (Fsp3) is 0.350. The molecule has 1 fully saturated rings. The first-order valence-electron chi connectivity index (χ1n) is 8.75. The summed E-state index contributed by atoms with van der Waals surface area (Å²) in [7, 11) is 0. The third-order valence-electron chi connectivity index (χ3n) is 4.53. The van der Waals surface area contributed by atoms with Gasteiger partial charge in [-0.1, -0.05) is 53.0 Å². The van der Waals surface area contributed by atoms with Crippen molar-refractivity contribution in [2.24, 2.45) is 0 Å². The first kappa shape index (κ1) is 19.2. The zero-order valence-electron chi connectivity index (χ0n) is 14.8. The Morgan fingerprint density at radius 3 is 2.46 bits per heavy atom. The second-order valence-corrected chi connectivity index (χ2v) is 7.56. The molecule has 1 N–H and O–H groups in total. The lowest BCUT2D eigenvalue weighted by Gasteiger charge is -2.34. The van der Waals surface area contributed by atoms with Crippen molar-refractivity contribution >= 4 is 34.8 Å². The van der Waals surface area contributed by atoms with Gasteiger partial charge in [0.15, 0.2) is 0 Å². The fourth-order valence-corrected chi connectivity index (χ4v) is 3.61. The Morgan fingerprint density at radius 2 is 1.77 bits per heavy atom. The Morgan fingerprint density at radius 1 is 1.04 bits per heavy atom. The maximum absolute atomic E-state index is 12.3. The maximum atomic E-state index is 12.3. The molecule has 0 aromatic heterocycles. The molecule has 1 aliphatic rings. The number of hydrogen-bond acceptors (Lipinski definition) is 3. The SMILES string of the molecule is Cc1cccc(CN2CCN(CC(=O)Nc3ccc(Cl)cc3Cl)CC2)c1. The lowest BCUT2D eigenvalue weighted by Crippen LogP contribution is -2.48. The highest BCUT2D eigenvalue weighted by Crippen LogP contribution is 2.25. The van der Waals surface area contributed by atoms with Gasteiger partial charge < -0.3 is 5.32 Å². The van der Waals surface area contributed by atoms with E-state index < -0.39 is 0 Å². The summed E-state index contributed by atoms with van der Waals surface area (Å²) >= 11 is 12.0. The zero-order chi connectivity index (χ0) is 18.5. The Balaban J connectivity index is 1.45. The predicted octanol–water partition coefficient (Wildman–Crippen LogP) is 4.06. The quantitative estimate of drug-likeness (QED) is 0.834. The molecule has 0 atom stereocenters. The van der Waals surface area contributed by atoms with Crippen LogP contribution in [0.2, 0.25) is 10.0 Å². The number of amides is 1. The van der Waals surface area contributed by atoms with Crippen molar-refractivity contribution in [1.29, 1.82) is 0 Å². The first-order chi connectivity index (χ1) is 12.5. The third kappa shape index (κ3) is 5.45. The number of halogens is 2. The van der Waals surface area contributed by atoms with E-state index in [1.54, 1.807) is 18.2 Å². The molecule has 0 aliphatic carbocycles. The molecule has 1 amide bonds. The number of nitrogens with one attached hydrogen (secondary N) is 1. The molecule has 1 aliphatic heterocycles. The van der Waals surface area contributed by atoms with Gasteiger partial charge in [-0.3, -0.25) is 14.6 Å². The molecule has 2 aromatic rings. The smallest absolute Gasteiger partial charge is 0.238 e. The largest absolute Gasteiger partial charge is 0.324 e. The molecule has 3 rings (SSSR count). The number of nitrogens with zero attached hydrogens (tertiary/aromatic N) is 2. The van der Waals surface area contributed by atoms with E-state index in [9.17, 15) is 4.79 Å². The molecule has 0 spiro atoms. The zero-order valence-corrected chi connectivity index (χ0v) is 16.4. The van der Waals surface area contributed by atoms with Crippen molar-refractivity contribution < 1.29 is 4.79 Å². The minimum absolute atomic E-state index is 0.0543. The van der Waals surface area contributed by atoms with Gasteiger partial charge in [0.25, 0.3) is 0 Å². The van der Waals surface area contributed by atoms with Crippen LogP contribution in [0.25, 0.3) is 0 Å². The minimum Gasteiger partial charge on any atom is -0.324 e. The van der Waals surface area contributed by atoms with Crippen LogP contribution in [0.4, 0.5) is 5.69 Å². The van der Waals surface area contributed by atoms with Crippen molar-refractivity contribution in [1.82, 2.24) is 9.80 Å². The molecule has 26 heavy (non-hydrogen) atoms. The van der Waals surface area contributed by atoms with E-state index >= 15 is 0 Å². The summed E-state index contributed by atoms with van der Waals surface area (Å²) < 4.78 is 0. The van der Waals surface area contributed by atoms with Crippen LogP contribution in [0.3, 0.4) is 0 Å². The van der Waals surface area contributed by atoms with Crippen molar-refractivity contribution in [3.63, 3.8) is 0 Å². The van der Waals surface area contributed by atoms with E-state index in [4.69, 9.17) is 23.2 Å². The second-order valence-electron chi connectivity index (χ2n) is 6.71. The predicted molar refractivity (Wildman–Crippen MR) is 108 cm³/mol. The van der Waals surface area contributed by atoms with Gasteiger partial charge in [0.1, 0.15) is 0 Å². The standard InChI is InChI=1S/C20H23Cl2N3O/c1-15-3-2-4-16(11-15)13-24-7-9-25(10-8-24)14-20(26)23-19-6-5-17(21)12-18(19)22/h2-6,11-12H,7-10,13-14H2,1H3,(H,23,26). The summed E-state index contributed by atoms with van der Waals surface area (Å²) in [6.07, 6.45) is 0. The summed E-state index contributed by atoms with van der Waals surface area (Å²) in [4.78, 5) is 16.9. The maximum Gasteiger partial charge on any atom is 0.238 e. The second kappa shape index (κ2) is 8.87. The lowest BCUT2D eigenvalue weighted by molar-refractivity contribution is -0.117. The molecule has 0 radical (unpaired) electrons. The topological polar surface area (TPSA) is 35.6 Å². The number of hydrogen-bond donors (Lipinski definition) is 1. The lowest BCUT2D eigenvalue weighted by atomic mass is 10.1. The number of carbonyl (C=O) groups is 1. The monoisotopic (exact) mass is 391 g/mol. The summed E-state index contributed by atoms with van der Waals surface area (Å²) in [6.45, 7) is 7.14. The van der Waals surface area contributed by atoms with E-state index in [1.165, 1.54) is 11.1 Å². The highest BCUT2D eigenvalue weighted by molar-refractivity contribution is 6.36. The minimum atomic E-state index is -0.0543. The molecular weight excluding hydrogens is 369 g/mol. The van der Waals surface area contributed by atoms with Gasteiger partial charge in [-0.05, 0) is 30.7 Å².